The van der Waals surface area contributed by atoms with Gasteiger partial charge in [-0.3, -0.25) is 0 Å². The molecule has 11 rings (SSSR count). The van der Waals surface area contributed by atoms with Gasteiger partial charge in [0.1, 0.15) is 11.5 Å². The van der Waals surface area contributed by atoms with E-state index < -0.39 is 0 Å². The molecule has 3 heteroatoms. The lowest BCUT2D eigenvalue weighted by Crippen LogP contribution is -2.16. The molecule has 3 nitrogen and oxygen atoms in total. The predicted molar refractivity (Wildman–Crippen MR) is 242 cm³/mol. The van der Waals surface area contributed by atoms with E-state index in [4.69, 9.17) is 4.74 Å². The van der Waals surface area contributed by atoms with Crippen LogP contribution in [0.15, 0.2) is 206 Å². The van der Waals surface area contributed by atoms with Crippen LogP contribution in [0.1, 0.15) is 25.0 Å². The third-order valence-corrected chi connectivity index (χ3v) is 12.0. The molecule has 0 bridgehead atoms. The second-order valence-electron chi connectivity index (χ2n) is 15.7. The minimum Gasteiger partial charge on any atom is -0.456 e. The molecule has 1 heterocycles. The van der Waals surface area contributed by atoms with Crippen molar-refractivity contribution in [2.24, 2.45) is 0 Å². The van der Waals surface area contributed by atoms with Gasteiger partial charge in [0.15, 0.2) is 0 Å². The van der Waals surface area contributed by atoms with Crippen molar-refractivity contribution in [1.29, 1.82) is 0 Å². The van der Waals surface area contributed by atoms with Crippen molar-refractivity contribution in [2.75, 3.05) is 9.80 Å². The number of benzene rings is 9. The van der Waals surface area contributed by atoms with Gasteiger partial charge in [0.05, 0.1) is 5.69 Å². The first kappa shape index (κ1) is 33.9. The lowest BCUT2D eigenvalue weighted by molar-refractivity contribution is 0.487. The summed E-state index contributed by atoms with van der Waals surface area (Å²) in [5.74, 6) is 1.72. The number of nitrogens with zero attached hydrogens (tertiary/aromatic N) is 2. The van der Waals surface area contributed by atoms with Gasteiger partial charge >= 0.3 is 0 Å². The zero-order valence-electron chi connectivity index (χ0n) is 32.4. The van der Waals surface area contributed by atoms with E-state index in [0.29, 0.717) is 0 Å². The Bertz CT molecular complexity index is 2950. The minimum absolute atomic E-state index is 0.126. The first-order chi connectivity index (χ1) is 28.5. The Hall–Kier alpha value is -7.36. The van der Waals surface area contributed by atoms with Crippen LogP contribution in [-0.4, -0.2) is 0 Å². The van der Waals surface area contributed by atoms with Crippen LogP contribution in [0.25, 0.3) is 44.2 Å². The van der Waals surface area contributed by atoms with Gasteiger partial charge in [0, 0.05) is 50.2 Å². The summed E-state index contributed by atoms with van der Waals surface area (Å²) in [7, 11) is 0. The Morgan fingerprint density at radius 1 is 0.362 bits per heavy atom. The Morgan fingerprint density at radius 3 is 1.66 bits per heavy atom. The summed E-state index contributed by atoms with van der Waals surface area (Å²) in [5.41, 5.74) is 16.4. The van der Waals surface area contributed by atoms with Gasteiger partial charge in [0.2, 0.25) is 0 Å². The summed E-state index contributed by atoms with van der Waals surface area (Å²) in [6.07, 6.45) is 0. The normalized spacial score (nSPS) is 12.9. The van der Waals surface area contributed by atoms with Gasteiger partial charge in [-0.05, 0) is 118 Å². The van der Waals surface area contributed by atoms with Crippen LogP contribution in [-0.2, 0) is 5.41 Å². The molecule has 0 radical (unpaired) electrons. The molecule has 0 unspecified atom stereocenters. The van der Waals surface area contributed by atoms with Gasteiger partial charge in [-0.2, -0.15) is 0 Å². The summed E-state index contributed by atoms with van der Waals surface area (Å²) in [4.78, 5) is 4.73. The number of rotatable bonds is 7. The molecule has 0 saturated carbocycles. The fourth-order valence-corrected chi connectivity index (χ4v) is 9.23. The largest absolute Gasteiger partial charge is 0.456 e. The molecule has 276 valence electrons. The molecular formula is C55H40N2O. The molecule has 0 N–H and O–H groups in total. The summed E-state index contributed by atoms with van der Waals surface area (Å²) >= 11 is 0. The lowest BCUT2D eigenvalue weighted by Gasteiger charge is -2.31. The van der Waals surface area contributed by atoms with Crippen molar-refractivity contribution >= 4 is 44.9 Å². The van der Waals surface area contributed by atoms with E-state index in [2.05, 4.69) is 230 Å². The number of fused-ring (bicyclic) bond motifs is 5. The first-order valence-corrected chi connectivity index (χ1v) is 20.0. The minimum atomic E-state index is -0.126. The van der Waals surface area contributed by atoms with Crippen LogP contribution >= 0.6 is 0 Å². The van der Waals surface area contributed by atoms with Gasteiger partial charge in [-0.15, -0.1) is 0 Å². The molecule has 0 spiro atoms. The summed E-state index contributed by atoms with van der Waals surface area (Å²) in [5, 5.41) is 2.24. The molecule has 0 amide bonds. The van der Waals surface area contributed by atoms with Gasteiger partial charge < -0.3 is 14.5 Å². The Labute approximate surface area is 339 Å². The Morgan fingerprint density at radius 2 is 0.914 bits per heavy atom. The number of hydrogen-bond donors (Lipinski definition) is 0. The van der Waals surface area contributed by atoms with E-state index in [0.717, 1.165) is 67.5 Å². The molecule has 0 saturated heterocycles. The quantitative estimate of drug-likeness (QED) is 0.162. The van der Waals surface area contributed by atoms with Crippen molar-refractivity contribution in [3.8, 4) is 44.9 Å². The molecule has 0 atom stereocenters. The molecule has 2 aliphatic rings. The van der Waals surface area contributed by atoms with E-state index in [1.807, 2.05) is 0 Å². The molecule has 58 heavy (non-hydrogen) atoms. The van der Waals surface area contributed by atoms with E-state index in [1.165, 1.54) is 33.4 Å². The standard InChI is InChI=1S/C55H40N2O/c1-55(2)49-24-13-12-21-44(49)45-31-29-43(36-50(45)55)56(41-27-25-38(26-28-41)37-15-6-3-7-16-37)42-30-33-52-48(35-42)46-22-14-23-47-51(32-34-53(58-52)54(46)47)57(39-17-8-4-9-18-39)40-19-10-5-11-20-40/h3-36H,1-2H3. The summed E-state index contributed by atoms with van der Waals surface area (Å²) in [6, 6.07) is 74.2. The second-order valence-corrected chi connectivity index (χ2v) is 15.7. The van der Waals surface area contributed by atoms with Crippen LogP contribution in [0.3, 0.4) is 0 Å². The highest BCUT2D eigenvalue weighted by Gasteiger charge is 2.36. The maximum atomic E-state index is 6.79. The van der Waals surface area contributed by atoms with E-state index >= 15 is 0 Å². The molecule has 0 fully saturated rings. The average Bonchev–Trinajstić information content (AvgIpc) is 3.51. The Balaban J connectivity index is 1.07. The van der Waals surface area contributed by atoms with E-state index in [-0.39, 0.29) is 5.41 Å². The van der Waals surface area contributed by atoms with Crippen LogP contribution in [0.2, 0.25) is 0 Å². The van der Waals surface area contributed by atoms with Crippen LogP contribution in [0, 0.1) is 0 Å². The zero-order chi connectivity index (χ0) is 38.8. The van der Waals surface area contributed by atoms with Crippen molar-refractivity contribution in [2.45, 2.75) is 19.3 Å². The lowest BCUT2D eigenvalue weighted by atomic mass is 9.82. The third-order valence-electron chi connectivity index (χ3n) is 12.0. The van der Waals surface area contributed by atoms with Crippen LogP contribution < -0.4 is 14.5 Å². The maximum absolute atomic E-state index is 6.79. The second kappa shape index (κ2) is 13.4. The highest BCUT2D eigenvalue weighted by Crippen LogP contribution is 2.54. The average molecular weight is 745 g/mol. The van der Waals surface area contributed by atoms with Crippen molar-refractivity contribution < 1.29 is 4.74 Å². The molecule has 0 aromatic heterocycles. The topological polar surface area (TPSA) is 15.7 Å². The first-order valence-electron chi connectivity index (χ1n) is 20.0. The number of ether oxygens (including phenoxy) is 1. The predicted octanol–water partition coefficient (Wildman–Crippen LogP) is 15.5. The third kappa shape index (κ3) is 5.43. The highest BCUT2D eigenvalue weighted by molar-refractivity contribution is 6.11. The number of anilines is 6. The molecule has 9 aromatic rings. The van der Waals surface area contributed by atoms with Crippen molar-refractivity contribution in [3.05, 3.63) is 217 Å². The number of hydrogen-bond acceptors (Lipinski definition) is 3. The van der Waals surface area contributed by atoms with E-state index in [9.17, 15) is 0 Å². The fourth-order valence-electron chi connectivity index (χ4n) is 9.23. The highest BCUT2D eigenvalue weighted by atomic mass is 16.5. The zero-order valence-corrected chi connectivity index (χ0v) is 32.4. The molecule has 1 aliphatic heterocycles. The Kier molecular flexibility index (Phi) is 7.84. The van der Waals surface area contributed by atoms with Crippen LogP contribution in [0.5, 0.6) is 11.5 Å². The van der Waals surface area contributed by atoms with Crippen LogP contribution in [0.4, 0.5) is 34.1 Å². The number of para-hydroxylation sites is 2. The molecule has 9 aromatic carbocycles. The SMILES string of the molecule is CC1(C)c2ccccc2-c2ccc(N(c3ccc(-c4ccccc4)cc3)c3ccc4c(c3)-c3cccc5c(N(c6ccccc6)c6ccccc6)ccc(c35)O4)cc21. The fraction of sp³-hybridized carbons (Fsp3) is 0.0545. The van der Waals surface area contributed by atoms with Gasteiger partial charge in [-0.25, -0.2) is 0 Å². The van der Waals surface area contributed by atoms with Crippen molar-refractivity contribution in [3.63, 3.8) is 0 Å². The van der Waals surface area contributed by atoms with Crippen molar-refractivity contribution in [1.82, 2.24) is 0 Å². The van der Waals surface area contributed by atoms with E-state index in [1.54, 1.807) is 0 Å². The molecular weight excluding hydrogens is 705 g/mol. The smallest absolute Gasteiger partial charge is 0.136 e. The summed E-state index contributed by atoms with van der Waals surface area (Å²) < 4.78 is 6.79. The summed E-state index contributed by atoms with van der Waals surface area (Å²) in [6.45, 7) is 4.69. The molecule has 1 aliphatic carbocycles. The maximum Gasteiger partial charge on any atom is 0.136 e. The van der Waals surface area contributed by atoms with Gasteiger partial charge in [-0.1, -0.05) is 141 Å². The monoisotopic (exact) mass is 744 g/mol. The van der Waals surface area contributed by atoms with Gasteiger partial charge in [0.25, 0.3) is 0 Å².